The minimum absolute atomic E-state index is 0.0531. The van der Waals surface area contributed by atoms with Crippen molar-refractivity contribution in [1.29, 1.82) is 0 Å². The zero-order chi connectivity index (χ0) is 18.2. The van der Waals surface area contributed by atoms with E-state index in [-0.39, 0.29) is 30.1 Å². The van der Waals surface area contributed by atoms with E-state index >= 15 is 0 Å². The van der Waals surface area contributed by atoms with Crippen molar-refractivity contribution in [2.75, 3.05) is 6.61 Å². The molecule has 140 valence electrons. The molecule has 7 atom stereocenters. The molecule has 5 nitrogen and oxygen atoms in total. The molecule has 0 aromatic heterocycles. The number of carbonyl (C=O) groups is 1. The fourth-order valence-corrected chi connectivity index (χ4v) is 6.33. The van der Waals surface area contributed by atoms with Crippen LogP contribution in [0.1, 0.15) is 52.9 Å². The van der Waals surface area contributed by atoms with Gasteiger partial charge < -0.3 is 20.1 Å². The number of fused-ring (bicyclic) bond motifs is 6. The Morgan fingerprint density at radius 3 is 2.56 bits per heavy atom. The van der Waals surface area contributed by atoms with Gasteiger partial charge in [0.2, 0.25) is 0 Å². The number of hydrogen-bond donors (Lipinski definition) is 3. The number of Topliss-reactive ketones (excluding diaryl/α,β-unsaturated/α-hetero) is 1. The molecule has 0 aromatic carbocycles. The van der Waals surface area contributed by atoms with E-state index in [1.807, 2.05) is 13.8 Å². The zero-order valence-electron chi connectivity index (χ0n) is 15.4. The molecular weight excluding hydrogens is 320 g/mol. The Labute approximate surface area is 149 Å². The van der Waals surface area contributed by atoms with Crippen molar-refractivity contribution in [2.24, 2.45) is 22.7 Å². The van der Waals surface area contributed by atoms with Gasteiger partial charge in [0.1, 0.15) is 6.10 Å². The second-order valence-electron chi connectivity index (χ2n) is 9.57. The third kappa shape index (κ3) is 2.32. The minimum Gasteiger partial charge on any atom is -0.392 e. The monoisotopic (exact) mass is 350 g/mol. The van der Waals surface area contributed by atoms with Gasteiger partial charge in [-0.05, 0) is 50.5 Å². The SMILES string of the molecule is CC1(C)C(=O)[C@H](O)C[C@]23C[C@@](C)(O)[C@H](CC[C@H]2C2=CC[C@@H]1OC2)[C@H]3O. The van der Waals surface area contributed by atoms with Crippen LogP contribution >= 0.6 is 0 Å². The summed E-state index contributed by atoms with van der Waals surface area (Å²) in [4.78, 5) is 13.0. The maximum Gasteiger partial charge on any atom is 0.169 e. The first kappa shape index (κ1) is 17.7. The molecule has 0 aromatic rings. The Morgan fingerprint density at radius 1 is 1.20 bits per heavy atom. The summed E-state index contributed by atoms with van der Waals surface area (Å²) in [5.74, 6) is -0.359. The second kappa shape index (κ2) is 5.38. The molecule has 4 bridgehead atoms. The maximum absolute atomic E-state index is 13.0. The first-order chi connectivity index (χ1) is 11.6. The minimum atomic E-state index is -1.14. The van der Waals surface area contributed by atoms with E-state index in [0.29, 0.717) is 19.4 Å². The number of ether oxygens (including phenoxy) is 1. The lowest BCUT2D eigenvalue weighted by atomic mass is 9.58. The van der Waals surface area contributed by atoms with Crippen LogP contribution in [0.15, 0.2) is 11.6 Å². The molecule has 3 N–H and O–H groups in total. The van der Waals surface area contributed by atoms with Crippen LogP contribution in [-0.4, -0.2) is 51.6 Å². The molecule has 2 saturated carbocycles. The van der Waals surface area contributed by atoms with E-state index < -0.39 is 28.6 Å². The van der Waals surface area contributed by atoms with Crippen molar-refractivity contribution in [1.82, 2.24) is 0 Å². The average molecular weight is 350 g/mol. The number of ketones is 1. The molecule has 5 rings (SSSR count). The predicted octanol–water partition coefficient (Wildman–Crippen LogP) is 1.59. The van der Waals surface area contributed by atoms with Crippen molar-refractivity contribution in [3.05, 3.63) is 11.6 Å². The molecule has 0 unspecified atom stereocenters. The Morgan fingerprint density at radius 2 is 1.92 bits per heavy atom. The highest BCUT2D eigenvalue weighted by Crippen LogP contribution is 2.63. The highest BCUT2D eigenvalue weighted by Gasteiger charge is 2.65. The van der Waals surface area contributed by atoms with E-state index in [0.717, 1.165) is 12.8 Å². The van der Waals surface area contributed by atoms with Crippen LogP contribution in [-0.2, 0) is 9.53 Å². The maximum atomic E-state index is 13.0. The van der Waals surface area contributed by atoms with Crippen molar-refractivity contribution < 1.29 is 24.9 Å². The number of carbonyl (C=O) groups excluding carboxylic acids is 1. The summed E-state index contributed by atoms with van der Waals surface area (Å²) in [6.07, 6.45) is 3.05. The molecule has 25 heavy (non-hydrogen) atoms. The van der Waals surface area contributed by atoms with Gasteiger partial charge in [-0.1, -0.05) is 19.9 Å². The summed E-state index contributed by atoms with van der Waals surface area (Å²) in [7, 11) is 0. The third-order valence-corrected chi connectivity index (χ3v) is 7.73. The Hall–Kier alpha value is -0.750. The van der Waals surface area contributed by atoms with E-state index in [9.17, 15) is 20.1 Å². The van der Waals surface area contributed by atoms with Gasteiger partial charge in [0.05, 0.1) is 29.8 Å². The Bertz CT molecular complexity index is 622. The third-order valence-electron chi connectivity index (χ3n) is 7.73. The lowest BCUT2D eigenvalue weighted by Crippen LogP contribution is -2.53. The number of rotatable bonds is 0. The van der Waals surface area contributed by atoms with Crippen molar-refractivity contribution in [3.63, 3.8) is 0 Å². The Kier molecular flexibility index (Phi) is 3.80. The van der Waals surface area contributed by atoms with Crippen LogP contribution in [0.3, 0.4) is 0 Å². The largest absolute Gasteiger partial charge is 0.392 e. The summed E-state index contributed by atoms with van der Waals surface area (Å²) >= 11 is 0. The second-order valence-corrected chi connectivity index (χ2v) is 9.57. The first-order valence-corrected chi connectivity index (χ1v) is 9.53. The fraction of sp³-hybridized carbons (Fsp3) is 0.850. The van der Waals surface area contributed by atoms with Crippen LogP contribution in [0.4, 0.5) is 0 Å². The molecule has 2 heterocycles. The highest BCUT2D eigenvalue weighted by molar-refractivity contribution is 5.88. The molecule has 1 saturated heterocycles. The van der Waals surface area contributed by atoms with Gasteiger partial charge in [0, 0.05) is 11.3 Å². The smallest absolute Gasteiger partial charge is 0.169 e. The van der Waals surface area contributed by atoms with E-state index in [2.05, 4.69) is 6.08 Å². The molecule has 5 heteroatoms. The van der Waals surface area contributed by atoms with Gasteiger partial charge in [-0.25, -0.2) is 0 Å². The molecule has 3 fully saturated rings. The van der Waals surface area contributed by atoms with Crippen LogP contribution in [0.25, 0.3) is 0 Å². The highest BCUT2D eigenvalue weighted by atomic mass is 16.5. The normalized spacial score (nSPS) is 51.8. The lowest BCUT2D eigenvalue weighted by Gasteiger charge is -2.49. The van der Waals surface area contributed by atoms with Gasteiger partial charge in [0.15, 0.2) is 5.78 Å². The van der Waals surface area contributed by atoms with Crippen LogP contribution < -0.4 is 0 Å². The van der Waals surface area contributed by atoms with Gasteiger partial charge >= 0.3 is 0 Å². The zero-order valence-corrected chi connectivity index (χ0v) is 15.4. The van der Waals surface area contributed by atoms with Gasteiger partial charge in [-0.15, -0.1) is 0 Å². The van der Waals surface area contributed by atoms with Crippen LogP contribution in [0.5, 0.6) is 0 Å². The van der Waals surface area contributed by atoms with Crippen LogP contribution in [0.2, 0.25) is 0 Å². The summed E-state index contributed by atoms with van der Waals surface area (Å²) < 4.78 is 6.05. The molecule has 1 spiro atoms. The van der Waals surface area contributed by atoms with Crippen molar-refractivity contribution in [3.8, 4) is 0 Å². The van der Waals surface area contributed by atoms with E-state index in [4.69, 9.17) is 4.74 Å². The molecule has 0 amide bonds. The topological polar surface area (TPSA) is 87.0 Å². The molecule has 3 aliphatic carbocycles. The average Bonchev–Trinajstić information content (AvgIpc) is 2.66. The number of aliphatic hydroxyl groups excluding tert-OH is 2. The molecule has 5 aliphatic rings. The summed E-state index contributed by atoms with van der Waals surface area (Å²) in [6.45, 7) is 5.94. The van der Waals surface area contributed by atoms with Crippen LogP contribution in [0, 0.1) is 22.7 Å². The van der Waals surface area contributed by atoms with Gasteiger partial charge in [0.25, 0.3) is 0 Å². The molecule has 0 radical (unpaired) electrons. The molecule has 2 aliphatic heterocycles. The van der Waals surface area contributed by atoms with Crippen molar-refractivity contribution >= 4 is 5.78 Å². The first-order valence-electron chi connectivity index (χ1n) is 9.53. The number of hydrogen-bond acceptors (Lipinski definition) is 5. The van der Waals surface area contributed by atoms with E-state index in [1.54, 1.807) is 6.92 Å². The fourth-order valence-electron chi connectivity index (χ4n) is 6.33. The quantitative estimate of drug-likeness (QED) is 0.578. The standard InChI is InChI=1S/C20H30O5/c1-18(2)15-7-4-11(9-25-15)12-5-6-13-16(22)20(12,10-19(13,3)24)8-14(21)17(18)23/h4,12-16,21-22,24H,5-10H2,1-3H3/t12-,13+,14+,15-,16+,19+,20-/m0/s1. The summed E-state index contributed by atoms with van der Waals surface area (Å²) in [6, 6.07) is 0. The predicted molar refractivity (Wildman–Crippen MR) is 91.7 cm³/mol. The lowest BCUT2D eigenvalue weighted by molar-refractivity contribution is -0.153. The molecular formula is C20H30O5. The van der Waals surface area contributed by atoms with Gasteiger partial charge in [-0.3, -0.25) is 4.79 Å². The number of aliphatic hydroxyl groups is 3. The summed E-state index contributed by atoms with van der Waals surface area (Å²) in [5.41, 5.74) is -1.22. The van der Waals surface area contributed by atoms with Gasteiger partial charge in [-0.2, -0.15) is 0 Å². The Balaban J connectivity index is 1.83. The van der Waals surface area contributed by atoms with E-state index in [1.165, 1.54) is 5.57 Å². The van der Waals surface area contributed by atoms with Crippen molar-refractivity contribution in [2.45, 2.75) is 76.8 Å². The summed E-state index contributed by atoms with van der Waals surface area (Å²) in [5, 5.41) is 32.8.